The average Bonchev–Trinajstić information content (AvgIpc) is 3.06. The van der Waals surface area contributed by atoms with E-state index >= 15 is 0 Å². The summed E-state index contributed by atoms with van der Waals surface area (Å²) >= 11 is 0. The molecule has 1 aromatic rings. The van der Waals surface area contributed by atoms with Crippen LogP contribution in [0, 0.1) is 11.8 Å². The van der Waals surface area contributed by atoms with Crippen LogP contribution in [0.1, 0.15) is 26.3 Å². The predicted molar refractivity (Wildman–Crippen MR) is 110 cm³/mol. The normalized spacial score (nSPS) is 21.4. The summed E-state index contributed by atoms with van der Waals surface area (Å²) < 4.78 is 4.95. The van der Waals surface area contributed by atoms with Gasteiger partial charge in [0.15, 0.2) is 5.96 Å². The first kappa shape index (κ1) is 21.2. The van der Waals surface area contributed by atoms with Crippen LogP contribution < -0.4 is 5.32 Å². The van der Waals surface area contributed by atoms with Crippen LogP contribution >= 0.6 is 0 Å². The molecule has 1 fully saturated rings. The Balaban J connectivity index is 1.97. The zero-order valence-electron chi connectivity index (χ0n) is 17.3. The van der Waals surface area contributed by atoms with E-state index in [4.69, 9.17) is 9.73 Å². The van der Waals surface area contributed by atoms with Crippen molar-refractivity contribution in [3.8, 4) is 0 Å². The Morgan fingerprint density at radius 2 is 2.07 bits per heavy atom. The van der Waals surface area contributed by atoms with E-state index in [1.54, 1.807) is 0 Å². The third-order valence-electron chi connectivity index (χ3n) is 5.28. The van der Waals surface area contributed by atoms with Crippen molar-refractivity contribution in [2.45, 2.75) is 33.4 Å². The molecule has 0 bridgehead atoms. The summed E-state index contributed by atoms with van der Waals surface area (Å²) in [6, 6.07) is 10.8. The van der Waals surface area contributed by atoms with Gasteiger partial charge in [-0.05, 0) is 32.4 Å². The van der Waals surface area contributed by atoms with Crippen molar-refractivity contribution in [3.63, 3.8) is 0 Å². The van der Waals surface area contributed by atoms with Crippen molar-refractivity contribution in [2.75, 3.05) is 40.3 Å². The molecule has 150 valence electrons. The summed E-state index contributed by atoms with van der Waals surface area (Å²) in [7, 11) is 3.59. The lowest BCUT2D eigenvalue weighted by atomic mass is 9.99. The van der Waals surface area contributed by atoms with Crippen LogP contribution in [0.5, 0.6) is 0 Å². The number of likely N-dealkylation sites (N-methyl/N-ethyl adjacent to an activating group) is 1. The van der Waals surface area contributed by atoms with E-state index in [1.807, 2.05) is 6.07 Å². The molecule has 0 aliphatic carbocycles. The fourth-order valence-corrected chi connectivity index (χ4v) is 3.41. The highest BCUT2D eigenvalue weighted by Crippen LogP contribution is 2.24. The van der Waals surface area contributed by atoms with E-state index in [0.717, 1.165) is 25.6 Å². The van der Waals surface area contributed by atoms with Gasteiger partial charge >= 0.3 is 5.97 Å². The van der Waals surface area contributed by atoms with Gasteiger partial charge in [0.2, 0.25) is 0 Å². The Hall–Kier alpha value is -2.08. The fraction of sp³-hybridized carbons (Fsp3) is 0.619. The van der Waals surface area contributed by atoms with Crippen LogP contribution in [0.25, 0.3) is 0 Å². The molecule has 3 unspecified atom stereocenters. The predicted octanol–water partition coefficient (Wildman–Crippen LogP) is 2.21. The molecular formula is C21H34N4O2. The van der Waals surface area contributed by atoms with Gasteiger partial charge in [0.25, 0.3) is 0 Å². The Labute approximate surface area is 163 Å². The Morgan fingerprint density at radius 1 is 1.37 bits per heavy atom. The zero-order chi connectivity index (χ0) is 19.8. The number of benzene rings is 1. The van der Waals surface area contributed by atoms with Gasteiger partial charge in [0.1, 0.15) is 0 Å². The molecule has 1 saturated heterocycles. The Bertz CT molecular complexity index is 620. The number of nitrogens with one attached hydrogen (secondary N) is 1. The van der Waals surface area contributed by atoms with Crippen LogP contribution in [0.2, 0.25) is 0 Å². The molecule has 0 amide bonds. The summed E-state index contributed by atoms with van der Waals surface area (Å²) in [6.45, 7) is 10.3. The molecule has 6 nitrogen and oxygen atoms in total. The molecule has 1 aromatic carbocycles. The highest BCUT2D eigenvalue weighted by Gasteiger charge is 2.36. The standard InChI is InChI=1S/C21H34N4O2/c1-6-22-21(25-13-16(2)19(15-25)20(26)27-5)23-12-17(3)24(4)14-18-10-8-7-9-11-18/h7-11,16-17,19H,6,12-15H2,1-5H3,(H,22,23). The maximum absolute atomic E-state index is 12.0. The summed E-state index contributed by atoms with van der Waals surface area (Å²) in [4.78, 5) is 21.3. The first-order chi connectivity index (χ1) is 13.0. The number of aliphatic imine (C=N–C) groups is 1. The number of hydrogen-bond donors (Lipinski definition) is 1. The summed E-state index contributed by atoms with van der Waals surface area (Å²) in [5, 5.41) is 3.37. The number of carbonyl (C=O) groups excluding carboxylic acids is 1. The number of esters is 1. The van der Waals surface area contributed by atoms with Gasteiger partial charge < -0.3 is 15.0 Å². The highest BCUT2D eigenvalue weighted by atomic mass is 16.5. The largest absolute Gasteiger partial charge is 0.469 e. The SMILES string of the molecule is CCNC(=NCC(C)N(C)Cc1ccccc1)N1CC(C)C(C(=O)OC)C1. The van der Waals surface area contributed by atoms with Crippen LogP contribution in [-0.2, 0) is 16.1 Å². The molecule has 1 aliphatic heterocycles. The summed E-state index contributed by atoms with van der Waals surface area (Å²) in [5.41, 5.74) is 1.30. The lowest BCUT2D eigenvalue weighted by Crippen LogP contribution is -2.41. The smallest absolute Gasteiger partial charge is 0.310 e. The van der Waals surface area contributed by atoms with E-state index in [2.05, 4.69) is 67.2 Å². The maximum Gasteiger partial charge on any atom is 0.310 e. The van der Waals surface area contributed by atoms with Crippen LogP contribution in [-0.4, -0.2) is 68.1 Å². The van der Waals surface area contributed by atoms with E-state index in [-0.39, 0.29) is 17.8 Å². The molecule has 3 atom stereocenters. The molecule has 27 heavy (non-hydrogen) atoms. The zero-order valence-corrected chi connectivity index (χ0v) is 17.3. The molecule has 0 aromatic heterocycles. The van der Waals surface area contributed by atoms with E-state index < -0.39 is 0 Å². The molecule has 2 rings (SSSR count). The molecule has 0 saturated carbocycles. The van der Waals surface area contributed by atoms with Crippen molar-refractivity contribution in [1.82, 2.24) is 15.1 Å². The number of nitrogens with zero attached hydrogens (tertiary/aromatic N) is 3. The topological polar surface area (TPSA) is 57.2 Å². The van der Waals surface area contributed by atoms with E-state index in [9.17, 15) is 4.79 Å². The number of hydrogen-bond acceptors (Lipinski definition) is 4. The minimum absolute atomic E-state index is 0.0861. The van der Waals surface area contributed by atoms with Crippen molar-refractivity contribution in [2.24, 2.45) is 16.8 Å². The highest BCUT2D eigenvalue weighted by molar-refractivity contribution is 5.82. The number of methoxy groups -OCH3 is 1. The summed E-state index contributed by atoms with van der Waals surface area (Å²) in [6.07, 6.45) is 0. The summed E-state index contributed by atoms with van der Waals surface area (Å²) in [5.74, 6) is 0.934. The average molecular weight is 375 g/mol. The third kappa shape index (κ3) is 5.96. The van der Waals surface area contributed by atoms with Gasteiger partial charge in [-0.25, -0.2) is 0 Å². The quantitative estimate of drug-likeness (QED) is 0.451. The van der Waals surface area contributed by atoms with Crippen LogP contribution in [0.4, 0.5) is 0 Å². The first-order valence-electron chi connectivity index (χ1n) is 9.81. The van der Waals surface area contributed by atoms with Crippen LogP contribution in [0.3, 0.4) is 0 Å². The number of ether oxygens (including phenoxy) is 1. The van der Waals surface area contributed by atoms with Crippen molar-refractivity contribution in [3.05, 3.63) is 35.9 Å². The molecular weight excluding hydrogens is 340 g/mol. The van der Waals surface area contributed by atoms with Gasteiger partial charge in [0.05, 0.1) is 19.6 Å². The Morgan fingerprint density at radius 3 is 2.70 bits per heavy atom. The van der Waals surface area contributed by atoms with Crippen molar-refractivity contribution >= 4 is 11.9 Å². The molecule has 0 radical (unpaired) electrons. The second kappa shape index (κ2) is 10.3. The van der Waals surface area contributed by atoms with Gasteiger partial charge in [-0.3, -0.25) is 14.7 Å². The van der Waals surface area contributed by atoms with Crippen molar-refractivity contribution < 1.29 is 9.53 Å². The van der Waals surface area contributed by atoms with Crippen molar-refractivity contribution in [1.29, 1.82) is 0 Å². The maximum atomic E-state index is 12.0. The monoisotopic (exact) mass is 374 g/mol. The number of likely N-dealkylation sites (tertiary alicyclic amines) is 1. The second-order valence-corrected chi connectivity index (χ2v) is 7.46. The molecule has 6 heteroatoms. The lowest BCUT2D eigenvalue weighted by molar-refractivity contribution is -0.145. The lowest BCUT2D eigenvalue weighted by Gasteiger charge is -2.26. The minimum Gasteiger partial charge on any atom is -0.469 e. The van der Waals surface area contributed by atoms with Gasteiger partial charge in [-0.2, -0.15) is 0 Å². The molecule has 1 N–H and O–H groups in total. The molecule has 1 aliphatic rings. The fourth-order valence-electron chi connectivity index (χ4n) is 3.41. The van der Waals surface area contributed by atoms with Gasteiger partial charge in [0, 0.05) is 32.2 Å². The second-order valence-electron chi connectivity index (χ2n) is 7.46. The molecule has 1 heterocycles. The number of carbonyl (C=O) groups is 1. The third-order valence-corrected chi connectivity index (χ3v) is 5.28. The number of rotatable bonds is 7. The van der Waals surface area contributed by atoms with Crippen LogP contribution in [0.15, 0.2) is 35.3 Å². The first-order valence-corrected chi connectivity index (χ1v) is 9.81. The molecule has 0 spiro atoms. The van der Waals surface area contributed by atoms with E-state index in [1.165, 1.54) is 12.7 Å². The van der Waals surface area contributed by atoms with Gasteiger partial charge in [-0.1, -0.05) is 37.3 Å². The number of guanidine groups is 1. The minimum atomic E-state index is -0.128. The van der Waals surface area contributed by atoms with Gasteiger partial charge in [-0.15, -0.1) is 0 Å². The van der Waals surface area contributed by atoms with E-state index in [0.29, 0.717) is 19.1 Å². The Kier molecular flexibility index (Phi) is 8.10.